The Morgan fingerprint density at radius 1 is 1.36 bits per heavy atom. The van der Waals surface area contributed by atoms with Gasteiger partial charge in [0.2, 0.25) is 15.9 Å². The summed E-state index contributed by atoms with van der Waals surface area (Å²) in [5.41, 5.74) is 0. The smallest absolute Gasteiger partial charge is 0.222 e. The molecule has 1 unspecified atom stereocenters. The molecule has 2 saturated heterocycles. The number of piperidine rings is 1. The van der Waals surface area contributed by atoms with Gasteiger partial charge in [-0.3, -0.25) is 9.79 Å². The van der Waals surface area contributed by atoms with Crippen molar-refractivity contribution in [3.8, 4) is 0 Å². The zero-order chi connectivity index (χ0) is 17.6. The number of hydrogen-bond acceptors (Lipinski definition) is 5. The van der Waals surface area contributed by atoms with Crippen molar-refractivity contribution in [2.45, 2.75) is 18.9 Å². The summed E-state index contributed by atoms with van der Waals surface area (Å²) in [5.74, 6) is 2.52. The molecule has 2 heterocycles. The van der Waals surface area contributed by atoms with Crippen LogP contribution in [0.5, 0.6) is 0 Å². The van der Waals surface area contributed by atoms with E-state index in [-0.39, 0.29) is 41.7 Å². The molecule has 2 aliphatic heterocycles. The molecule has 2 aliphatic rings. The highest BCUT2D eigenvalue weighted by Crippen LogP contribution is 2.13. The number of hydrogen-bond donors (Lipinski definition) is 2. The SMILES string of the molecule is CN=C(NCCS(=O)(=O)N1CCSCC1)NC1CCC(=O)N(C)C1.I. The van der Waals surface area contributed by atoms with Crippen LogP contribution in [0.4, 0.5) is 0 Å². The van der Waals surface area contributed by atoms with Crippen LogP contribution in [0.15, 0.2) is 4.99 Å². The summed E-state index contributed by atoms with van der Waals surface area (Å²) in [4.78, 5) is 17.3. The quantitative estimate of drug-likeness (QED) is 0.305. The van der Waals surface area contributed by atoms with Crippen LogP contribution < -0.4 is 10.6 Å². The normalized spacial score (nSPS) is 23.1. The van der Waals surface area contributed by atoms with Crippen molar-refractivity contribution in [1.82, 2.24) is 19.8 Å². The number of amides is 1. The van der Waals surface area contributed by atoms with Crippen molar-refractivity contribution < 1.29 is 13.2 Å². The largest absolute Gasteiger partial charge is 0.355 e. The zero-order valence-electron chi connectivity index (χ0n) is 14.7. The van der Waals surface area contributed by atoms with Gasteiger partial charge in [-0.25, -0.2) is 12.7 Å². The Bertz CT molecular complexity index is 567. The molecule has 0 spiro atoms. The van der Waals surface area contributed by atoms with Crippen molar-refractivity contribution in [2.75, 3.05) is 57.5 Å². The molecular formula is C14H28IN5O3S2. The Labute approximate surface area is 171 Å². The molecule has 1 amide bonds. The van der Waals surface area contributed by atoms with Gasteiger partial charge in [0.1, 0.15) is 0 Å². The van der Waals surface area contributed by atoms with E-state index in [2.05, 4.69) is 15.6 Å². The van der Waals surface area contributed by atoms with Gasteiger partial charge in [-0.05, 0) is 6.42 Å². The Balaban J connectivity index is 0.00000312. The predicted molar refractivity (Wildman–Crippen MR) is 113 cm³/mol. The van der Waals surface area contributed by atoms with E-state index in [1.807, 2.05) is 0 Å². The maximum absolute atomic E-state index is 12.3. The molecule has 0 bridgehead atoms. The van der Waals surface area contributed by atoms with Gasteiger partial charge in [-0.2, -0.15) is 11.8 Å². The molecule has 0 radical (unpaired) electrons. The molecular weight excluding hydrogens is 477 g/mol. The Kier molecular flexibility index (Phi) is 9.82. The molecule has 2 fully saturated rings. The number of carbonyl (C=O) groups excluding carboxylic acids is 1. The van der Waals surface area contributed by atoms with E-state index in [1.165, 1.54) is 0 Å². The van der Waals surface area contributed by atoms with Gasteiger partial charge in [-0.15, -0.1) is 24.0 Å². The Morgan fingerprint density at radius 3 is 2.64 bits per heavy atom. The monoisotopic (exact) mass is 505 g/mol. The van der Waals surface area contributed by atoms with Crippen molar-refractivity contribution in [3.63, 3.8) is 0 Å². The van der Waals surface area contributed by atoms with Gasteiger partial charge in [0.05, 0.1) is 5.75 Å². The summed E-state index contributed by atoms with van der Waals surface area (Å²) in [6.45, 7) is 2.14. The first kappa shape index (κ1) is 22.8. The number of guanidine groups is 1. The second-order valence-electron chi connectivity index (χ2n) is 5.98. The fourth-order valence-electron chi connectivity index (χ4n) is 2.77. The van der Waals surface area contributed by atoms with Crippen molar-refractivity contribution in [2.24, 2.45) is 4.99 Å². The average molecular weight is 505 g/mol. The highest BCUT2D eigenvalue weighted by atomic mass is 127. The second kappa shape index (κ2) is 10.8. The topological polar surface area (TPSA) is 94.1 Å². The van der Waals surface area contributed by atoms with E-state index in [1.54, 1.807) is 35.1 Å². The lowest BCUT2D eigenvalue weighted by Gasteiger charge is -2.31. The number of thioether (sulfide) groups is 1. The number of rotatable bonds is 5. The van der Waals surface area contributed by atoms with Crippen LogP contribution in [0.1, 0.15) is 12.8 Å². The molecule has 1 atom stereocenters. The van der Waals surface area contributed by atoms with Crippen LogP contribution >= 0.6 is 35.7 Å². The fraction of sp³-hybridized carbons (Fsp3) is 0.857. The number of sulfonamides is 1. The molecule has 8 nitrogen and oxygen atoms in total. The summed E-state index contributed by atoms with van der Waals surface area (Å²) in [6, 6.07) is 0.134. The molecule has 2 rings (SSSR count). The third-order valence-corrected chi connectivity index (χ3v) is 7.02. The lowest BCUT2D eigenvalue weighted by molar-refractivity contribution is -0.132. The van der Waals surface area contributed by atoms with E-state index in [4.69, 9.17) is 0 Å². The number of likely N-dealkylation sites (tertiary alicyclic amines) is 1. The highest BCUT2D eigenvalue weighted by Gasteiger charge is 2.25. The molecule has 0 saturated carbocycles. The van der Waals surface area contributed by atoms with Crippen LogP contribution in [0, 0.1) is 0 Å². The number of carbonyl (C=O) groups is 1. The first-order valence-electron chi connectivity index (χ1n) is 8.19. The zero-order valence-corrected chi connectivity index (χ0v) is 18.7. The van der Waals surface area contributed by atoms with Crippen LogP contribution in [0.25, 0.3) is 0 Å². The van der Waals surface area contributed by atoms with Gasteiger partial charge in [-0.1, -0.05) is 0 Å². The first-order valence-corrected chi connectivity index (χ1v) is 11.0. The maximum atomic E-state index is 12.3. The lowest BCUT2D eigenvalue weighted by Crippen LogP contribution is -2.52. The van der Waals surface area contributed by atoms with Crippen LogP contribution in [-0.2, 0) is 14.8 Å². The minimum Gasteiger partial charge on any atom is -0.355 e. The summed E-state index contributed by atoms with van der Waals surface area (Å²) >= 11 is 1.79. The minimum absolute atomic E-state index is 0. The first-order chi connectivity index (χ1) is 11.4. The predicted octanol–water partition coefficient (Wildman–Crippen LogP) is -0.231. The summed E-state index contributed by atoms with van der Waals surface area (Å²) in [5, 5.41) is 6.32. The fourth-order valence-corrected chi connectivity index (χ4v) is 5.26. The summed E-state index contributed by atoms with van der Waals surface area (Å²) < 4.78 is 26.2. The second-order valence-corrected chi connectivity index (χ2v) is 9.29. The third kappa shape index (κ3) is 7.10. The average Bonchev–Trinajstić information content (AvgIpc) is 2.58. The minimum atomic E-state index is -3.21. The molecule has 146 valence electrons. The molecule has 25 heavy (non-hydrogen) atoms. The molecule has 2 N–H and O–H groups in total. The van der Waals surface area contributed by atoms with Crippen LogP contribution in [0.2, 0.25) is 0 Å². The maximum Gasteiger partial charge on any atom is 0.222 e. The van der Waals surface area contributed by atoms with Crippen molar-refractivity contribution in [3.05, 3.63) is 0 Å². The number of halogens is 1. The molecule has 0 aromatic rings. The Hall–Kier alpha value is -0.270. The molecule has 0 aliphatic carbocycles. The van der Waals surface area contributed by atoms with E-state index in [0.29, 0.717) is 38.6 Å². The van der Waals surface area contributed by atoms with Gasteiger partial charge in [0.15, 0.2) is 5.96 Å². The van der Waals surface area contributed by atoms with Crippen LogP contribution in [0.3, 0.4) is 0 Å². The highest BCUT2D eigenvalue weighted by molar-refractivity contribution is 14.0. The van der Waals surface area contributed by atoms with Gasteiger partial charge >= 0.3 is 0 Å². The van der Waals surface area contributed by atoms with Gasteiger partial charge in [0.25, 0.3) is 0 Å². The standard InChI is InChI=1S/C14H27N5O3S2.HI/c1-15-14(17-12-3-4-13(20)18(2)11-12)16-5-10-24(21,22)19-6-8-23-9-7-19;/h12H,3-11H2,1-2H3,(H2,15,16,17);1H. The van der Waals surface area contributed by atoms with Gasteiger partial charge in [0, 0.05) is 64.2 Å². The number of likely N-dealkylation sites (N-methyl/N-ethyl adjacent to an activating group) is 1. The van der Waals surface area contributed by atoms with E-state index in [0.717, 1.165) is 17.9 Å². The summed E-state index contributed by atoms with van der Waals surface area (Å²) in [6.07, 6.45) is 1.28. The van der Waals surface area contributed by atoms with E-state index >= 15 is 0 Å². The number of nitrogens with zero attached hydrogens (tertiary/aromatic N) is 3. The third-order valence-electron chi connectivity index (χ3n) is 4.21. The Morgan fingerprint density at radius 2 is 2.04 bits per heavy atom. The molecule has 0 aromatic carbocycles. The van der Waals surface area contributed by atoms with Crippen molar-refractivity contribution >= 4 is 57.6 Å². The molecule has 0 aromatic heterocycles. The van der Waals surface area contributed by atoms with Crippen molar-refractivity contribution in [1.29, 1.82) is 0 Å². The number of aliphatic imine (C=N–C) groups is 1. The molecule has 11 heteroatoms. The van der Waals surface area contributed by atoms with Gasteiger partial charge < -0.3 is 15.5 Å². The summed E-state index contributed by atoms with van der Waals surface area (Å²) in [7, 11) is 0.229. The van der Waals surface area contributed by atoms with E-state index in [9.17, 15) is 13.2 Å². The van der Waals surface area contributed by atoms with Crippen LogP contribution in [-0.4, -0.2) is 93.1 Å². The lowest BCUT2D eigenvalue weighted by atomic mass is 10.1. The number of nitrogens with one attached hydrogen (secondary N) is 2. The van der Waals surface area contributed by atoms with E-state index < -0.39 is 10.0 Å².